The minimum absolute atomic E-state index is 0.0862. The number of aliphatic hydroxyl groups excluding tert-OH is 1. The molecular weight excluding hydrogens is 218 g/mol. The van der Waals surface area contributed by atoms with E-state index in [-0.39, 0.29) is 12.5 Å². The zero-order chi connectivity index (χ0) is 12.5. The van der Waals surface area contributed by atoms with E-state index in [9.17, 15) is 9.90 Å². The second-order valence-electron chi connectivity index (χ2n) is 4.63. The van der Waals surface area contributed by atoms with Gasteiger partial charge in [-0.2, -0.15) is 0 Å². The number of carbonyl (C=O) groups excluding carboxylic acids is 1. The lowest BCUT2D eigenvalue weighted by atomic mass is 9.85. The normalized spacial score (nSPS) is 17.4. The average Bonchev–Trinajstić information content (AvgIpc) is 2.27. The zero-order valence-electron chi connectivity index (χ0n) is 10.1. The standard InChI is InChI=1S/C13H17NO3/c1-10-4-3-5-11(6-10)14(2)12(16)13(7-15)8-17-9-13/h3-6,15H,7-9H2,1-2H3. The molecule has 1 aromatic rings. The van der Waals surface area contributed by atoms with Crippen LogP contribution < -0.4 is 4.90 Å². The number of aryl methyl sites for hydroxylation is 1. The van der Waals surface area contributed by atoms with Crippen LogP contribution in [0.5, 0.6) is 0 Å². The van der Waals surface area contributed by atoms with Gasteiger partial charge in [-0.05, 0) is 24.6 Å². The first kappa shape index (κ1) is 12.1. The Bertz CT molecular complexity index is 421. The molecule has 2 rings (SSSR count). The Hall–Kier alpha value is -1.39. The summed E-state index contributed by atoms with van der Waals surface area (Å²) in [5.74, 6) is -0.0862. The second kappa shape index (κ2) is 4.47. The minimum Gasteiger partial charge on any atom is -0.395 e. The molecule has 0 bridgehead atoms. The number of nitrogens with zero attached hydrogens (tertiary/aromatic N) is 1. The van der Waals surface area contributed by atoms with Crippen molar-refractivity contribution in [2.24, 2.45) is 5.41 Å². The molecule has 0 atom stereocenters. The highest BCUT2D eigenvalue weighted by Gasteiger charge is 2.47. The fraction of sp³-hybridized carbons (Fsp3) is 0.462. The number of carbonyl (C=O) groups is 1. The van der Waals surface area contributed by atoms with Gasteiger partial charge in [-0.15, -0.1) is 0 Å². The number of rotatable bonds is 3. The summed E-state index contributed by atoms with van der Waals surface area (Å²) in [6.07, 6.45) is 0. The maximum Gasteiger partial charge on any atom is 0.239 e. The number of amides is 1. The molecule has 1 saturated heterocycles. The Morgan fingerprint density at radius 3 is 2.71 bits per heavy atom. The second-order valence-corrected chi connectivity index (χ2v) is 4.63. The van der Waals surface area contributed by atoms with Crippen LogP contribution in [0.2, 0.25) is 0 Å². The fourth-order valence-electron chi connectivity index (χ4n) is 1.94. The van der Waals surface area contributed by atoms with Crippen molar-refractivity contribution in [3.8, 4) is 0 Å². The first-order chi connectivity index (χ1) is 8.09. The van der Waals surface area contributed by atoms with Gasteiger partial charge in [0.15, 0.2) is 0 Å². The van der Waals surface area contributed by atoms with Gasteiger partial charge in [-0.25, -0.2) is 0 Å². The SMILES string of the molecule is Cc1cccc(N(C)C(=O)C2(CO)COC2)c1. The molecule has 0 aromatic heterocycles. The third-order valence-electron chi connectivity index (χ3n) is 3.21. The van der Waals surface area contributed by atoms with E-state index in [0.717, 1.165) is 11.3 Å². The van der Waals surface area contributed by atoms with E-state index in [0.29, 0.717) is 13.2 Å². The van der Waals surface area contributed by atoms with E-state index >= 15 is 0 Å². The quantitative estimate of drug-likeness (QED) is 0.849. The summed E-state index contributed by atoms with van der Waals surface area (Å²) in [7, 11) is 1.73. The Labute approximate surface area is 101 Å². The number of hydrogen-bond donors (Lipinski definition) is 1. The summed E-state index contributed by atoms with van der Waals surface area (Å²) in [6, 6.07) is 7.73. The number of ether oxygens (including phenoxy) is 1. The molecule has 0 aliphatic carbocycles. The van der Waals surface area contributed by atoms with Crippen LogP contribution in [-0.2, 0) is 9.53 Å². The number of aliphatic hydroxyl groups is 1. The number of hydrogen-bond acceptors (Lipinski definition) is 3. The molecule has 92 valence electrons. The number of anilines is 1. The molecule has 1 aliphatic heterocycles. The average molecular weight is 235 g/mol. The third kappa shape index (κ3) is 2.06. The van der Waals surface area contributed by atoms with E-state index in [4.69, 9.17) is 4.74 Å². The van der Waals surface area contributed by atoms with Gasteiger partial charge in [0.2, 0.25) is 5.91 Å². The molecule has 4 heteroatoms. The van der Waals surface area contributed by atoms with Gasteiger partial charge >= 0.3 is 0 Å². The van der Waals surface area contributed by atoms with Crippen LogP contribution in [0.4, 0.5) is 5.69 Å². The van der Waals surface area contributed by atoms with Crippen LogP contribution in [0.3, 0.4) is 0 Å². The van der Waals surface area contributed by atoms with E-state index in [2.05, 4.69) is 0 Å². The van der Waals surface area contributed by atoms with E-state index in [1.54, 1.807) is 11.9 Å². The summed E-state index contributed by atoms with van der Waals surface area (Å²) in [5.41, 5.74) is 1.21. The Morgan fingerprint density at radius 2 is 2.24 bits per heavy atom. The maximum atomic E-state index is 12.3. The molecule has 1 fully saturated rings. The van der Waals surface area contributed by atoms with Crippen LogP contribution >= 0.6 is 0 Å². The van der Waals surface area contributed by atoms with Crippen molar-refractivity contribution in [1.29, 1.82) is 0 Å². The van der Waals surface area contributed by atoms with Gasteiger partial charge in [-0.1, -0.05) is 12.1 Å². The molecule has 0 spiro atoms. The molecule has 1 amide bonds. The molecule has 1 heterocycles. The van der Waals surface area contributed by atoms with Gasteiger partial charge in [-0.3, -0.25) is 4.79 Å². The Kier molecular flexibility index (Phi) is 3.17. The van der Waals surface area contributed by atoms with Crippen LogP contribution in [0, 0.1) is 12.3 Å². The predicted octanol–water partition coefficient (Wildman–Crippen LogP) is 0.967. The highest BCUT2D eigenvalue weighted by Crippen LogP contribution is 2.30. The summed E-state index contributed by atoms with van der Waals surface area (Å²) < 4.78 is 5.05. The maximum absolute atomic E-state index is 12.3. The minimum atomic E-state index is -0.738. The molecule has 0 radical (unpaired) electrons. The van der Waals surface area contributed by atoms with Gasteiger partial charge < -0.3 is 14.7 Å². The lowest BCUT2D eigenvalue weighted by Crippen LogP contribution is -2.56. The molecule has 1 aliphatic rings. The van der Waals surface area contributed by atoms with Crippen molar-refractivity contribution in [2.45, 2.75) is 6.92 Å². The lowest BCUT2D eigenvalue weighted by molar-refractivity contribution is -0.166. The van der Waals surface area contributed by atoms with Crippen LogP contribution in [0.1, 0.15) is 5.56 Å². The van der Waals surface area contributed by atoms with Gasteiger partial charge in [0.25, 0.3) is 0 Å². The fourth-order valence-corrected chi connectivity index (χ4v) is 1.94. The molecule has 1 N–H and O–H groups in total. The van der Waals surface area contributed by atoms with E-state index < -0.39 is 5.41 Å². The van der Waals surface area contributed by atoms with Gasteiger partial charge in [0.1, 0.15) is 5.41 Å². The van der Waals surface area contributed by atoms with E-state index in [1.807, 2.05) is 31.2 Å². The molecule has 17 heavy (non-hydrogen) atoms. The molecule has 1 aromatic carbocycles. The van der Waals surface area contributed by atoms with Crippen LogP contribution in [-0.4, -0.2) is 37.9 Å². The van der Waals surface area contributed by atoms with Crippen LogP contribution in [0.25, 0.3) is 0 Å². The first-order valence-corrected chi connectivity index (χ1v) is 5.62. The largest absolute Gasteiger partial charge is 0.395 e. The van der Waals surface area contributed by atoms with Crippen molar-refractivity contribution in [3.63, 3.8) is 0 Å². The summed E-state index contributed by atoms with van der Waals surface area (Å²) >= 11 is 0. The van der Waals surface area contributed by atoms with Crippen molar-refractivity contribution >= 4 is 11.6 Å². The van der Waals surface area contributed by atoms with Gasteiger partial charge in [0.05, 0.1) is 19.8 Å². The highest BCUT2D eigenvalue weighted by molar-refractivity contribution is 5.98. The molecule has 4 nitrogen and oxygen atoms in total. The number of benzene rings is 1. The lowest BCUT2D eigenvalue weighted by Gasteiger charge is -2.40. The van der Waals surface area contributed by atoms with Crippen molar-refractivity contribution in [3.05, 3.63) is 29.8 Å². The highest BCUT2D eigenvalue weighted by atomic mass is 16.5. The Balaban J connectivity index is 2.20. The molecule has 0 unspecified atom stereocenters. The van der Waals surface area contributed by atoms with Crippen molar-refractivity contribution < 1.29 is 14.6 Å². The third-order valence-corrected chi connectivity index (χ3v) is 3.21. The van der Waals surface area contributed by atoms with Crippen molar-refractivity contribution in [1.82, 2.24) is 0 Å². The van der Waals surface area contributed by atoms with Gasteiger partial charge in [0, 0.05) is 12.7 Å². The topological polar surface area (TPSA) is 49.8 Å². The summed E-state index contributed by atoms with van der Waals surface area (Å²) in [5, 5.41) is 9.33. The summed E-state index contributed by atoms with van der Waals surface area (Å²) in [4.78, 5) is 13.9. The predicted molar refractivity (Wildman–Crippen MR) is 64.9 cm³/mol. The smallest absolute Gasteiger partial charge is 0.239 e. The molecule has 0 saturated carbocycles. The van der Waals surface area contributed by atoms with E-state index in [1.165, 1.54) is 0 Å². The first-order valence-electron chi connectivity index (χ1n) is 5.62. The van der Waals surface area contributed by atoms with Crippen LogP contribution in [0.15, 0.2) is 24.3 Å². The monoisotopic (exact) mass is 235 g/mol. The molecular formula is C13H17NO3. The van der Waals surface area contributed by atoms with Crippen molar-refractivity contribution in [2.75, 3.05) is 31.8 Å². The zero-order valence-corrected chi connectivity index (χ0v) is 10.1. The summed E-state index contributed by atoms with van der Waals surface area (Å²) in [6.45, 7) is 2.43. The Morgan fingerprint density at radius 1 is 1.53 bits per heavy atom.